The normalized spacial score (nSPS) is 12.2. The van der Waals surface area contributed by atoms with Crippen molar-refractivity contribution in [1.29, 1.82) is 0 Å². The Kier molecular flexibility index (Phi) is 4.62. The molecule has 0 spiro atoms. The molecule has 5 nitrogen and oxygen atoms in total. The number of hydrogen-bond acceptors (Lipinski definition) is 5. The molecule has 3 aromatic rings. The molecule has 0 fully saturated rings. The Hall–Kier alpha value is -2.66. The maximum Gasteiger partial charge on any atom is 0.247 e. The first kappa shape index (κ1) is 16.2. The predicted octanol–water partition coefficient (Wildman–Crippen LogP) is 4.02. The van der Waals surface area contributed by atoms with E-state index in [0.717, 1.165) is 16.8 Å². The molecule has 0 aliphatic carbocycles. The standard InChI is InChI=1S/C19H21N3O2/c1-12-7-8-16(9-13(12)2)19-22-21-18(24-19)14(3)20-17-6-4-5-15(10-17)11-23/h4-10,14,20,23H,11H2,1-3H3. The number of aliphatic hydroxyl groups excluding tert-OH is 1. The molecule has 0 aliphatic heterocycles. The van der Waals surface area contributed by atoms with Gasteiger partial charge >= 0.3 is 0 Å². The van der Waals surface area contributed by atoms with E-state index in [1.807, 2.05) is 37.3 Å². The molecule has 1 heterocycles. The van der Waals surface area contributed by atoms with Gasteiger partial charge in [0, 0.05) is 11.3 Å². The third-order valence-electron chi connectivity index (χ3n) is 4.06. The van der Waals surface area contributed by atoms with E-state index in [4.69, 9.17) is 4.42 Å². The van der Waals surface area contributed by atoms with Crippen LogP contribution in [0, 0.1) is 13.8 Å². The van der Waals surface area contributed by atoms with Crippen LogP contribution < -0.4 is 5.32 Å². The molecule has 24 heavy (non-hydrogen) atoms. The number of rotatable bonds is 5. The summed E-state index contributed by atoms with van der Waals surface area (Å²) < 4.78 is 5.82. The highest BCUT2D eigenvalue weighted by Gasteiger charge is 2.15. The van der Waals surface area contributed by atoms with Gasteiger partial charge in [0.1, 0.15) is 6.04 Å². The fourth-order valence-electron chi connectivity index (χ4n) is 2.47. The number of aryl methyl sites for hydroxylation is 2. The van der Waals surface area contributed by atoms with Crippen molar-refractivity contribution in [2.24, 2.45) is 0 Å². The molecular formula is C19H21N3O2. The maximum absolute atomic E-state index is 9.22. The van der Waals surface area contributed by atoms with Gasteiger partial charge in [0.15, 0.2) is 0 Å². The molecule has 0 aliphatic rings. The van der Waals surface area contributed by atoms with Crippen LogP contribution in [0.5, 0.6) is 0 Å². The van der Waals surface area contributed by atoms with Crippen LogP contribution in [0.4, 0.5) is 5.69 Å². The second-order valence-electron chi connectivity index (χ2n) is 5.97. The molecule has 5 heteroatoms. The molecule has 2 N–H and O–H groups in total. The minimum absolute atomic E-state index is 0.0153. The fraction of sp³-hybridized carbons (Fsp3) is 0.263. The van der Waals surface area contributed by atoms with Crippen LogP contribution in [0.25, 0.3) is 11.5 Å². The lowest BCUT2D eigenvalue weighted by Crippen LogP contribution is -2.07. The van der Waals surface area contributed by atoms with Gasteiger partial charge in [-0.1, -0.05) is 18.2 Å². The van der Waals surface area contributed by atoms with Crippen LogP contribution >= 0.6 is 0 Å². The van der Waals surface area contributed by atoms with Crippen molar-refractivity contribution < 1.29 is 9.52 Å². The van der Waals surface area contributed by atoms with Crippen molar-refractivity contribution in [3.05, 3.63) is 65.0 Å². The molecule has 0 saturated carbocycles. The van der Waals surface area contributed by atoms with Gasteiger partial charge in [-0.3, -0.25) is 0 Å². The Bertz CT molecular complexity index is 842. The summed E-state index contributed by atoms with van der Waals surface area (Å²) in [7, 11) is 0. The zero-order chi connectivity index (χ0) is 17.1. The van der Waals surface area contributed by atoms with Gasteiger partial charge in [0.05, 0.1) is 6.61 Å². The Morgan fingerprint density at radius 3 is 2.67 bits per heavy atom. The number of aromatic nitrogens is 2. The molecule has 1 unspecified atom stereocenters. The van der Waals surface area contributed by atoms with Crippen molar-refractivity contribution in [2.45, 2.75) is 33.4 Å². The van der Waals surface area contributed by atoms with Gasteiger partial charge in [-0.15, -0.1) is 10.2 Å². The molecular weight excluding hydrogens is 302 g/mol. The van der Waals surface area contributed by atoms with Crippen molar-refractivity contribution in [3.8, 4) is 11.5 Å². The lowest BCUT2D eigenvalue weighted by Gasteiger charge is -2.12. The van der Waals surface area contributed by atoms with Gasteiger partial charge in [-0.05, 0) is 61.7 Å². The first-order valence-corrected chi connectivity index (χ1v) is 7.94. The fourth-order valence-corrected chi connectivity index (χ4v) is 2.47. The highest BCUT2D eigenvalue weighted by atomic mass is 16.4. The van der Waals surface area contributed by atoms with Crippen molar-refractivity contribution in [1.82, 2.24) is 10.2 Å². The summed E-state index contributed by atoms with van der Waals surface area (Å²) in [6.07, 6.45) is 0. The number of nitrogens with zero attached hydrogens (tertiary/aromatic N) is 2. The second-order valence-corrected chi connectivity index (χ2v) is 5.97. The monoisotopic (exact) mass is 323 g/mol. The highest BCUT2D eigenvalue weighted by Crippen LogP contribution is 2.25. The lowest BCUT2D eigenvalue weighted by molar-refractivity contribution is 0.282. The van der Waals surface area contributed by atoms with Crippen LogP contribution in [-0.2, 0) is 6.61 Å². The second kappa shape index (κ2) is 6.84. The van der Waals surface area contributed by atoms with Gasteiger partial charge in [0.2, 0.25) is 11.8 Å². The van der Waals surface area contributed by atoms with E-state index in [9.17, 15) is 5.11 Å². The maximum atomic E-state index is 9.22. The molecule has 0 amide bonds. The van der Waals surface area contributed by atoms with E-state index in [1.54, 1.807) is 0 Å². The first-order valence-electron chi connectivity index (χ1n) is 7.94. The predicted molar refractivity (Wildman–Crippen MR) is 93.6 cm³/mol. The number of nitrogens with one attached hydrogen (secondary N) is 1. The van der Waals surface area contributed by atoms with E-state index >= 15 is 0 Å². The largest absolute Gasteiger partial charge is 0.418 e. The van der Waals surface area contributed by atoms with E-state index in [-0.39, 0.29) is 12.6 Å². The molecule has 0 saturated heterocycles. The Morgan fingerprint density at radius 1 is 1.08 bits per heavy atom. The molecule has 1 aromatic heterocycles. The van der Waals surface area contributed by atoms with Crippen LogP contribution in [0.1, 0.15) is 35.5 Å². The van der Waals surface area contributed by atoms with Gasteiger partial charge in [-0.2, -0.15) is 0 Å². The highest BCUT2D eigenvalue weighted by molar-refractivity contribution is 5.55. The summed E-state index contributed by atoms with van der Waals surface area (Å²) in [5.41, 5.74) is 5.11. The number of anilines is 1. The minimum Gasteiger partial charge on any atom is -0.418 e. The van der Waals surface area contributed by atoms with E-state index in [0.29, 0.717) is 11.8 Å². The van der Waals surface area contributed by atoms with Gasteiger partial charge in [-0.25, -0.2) is 0 Å². The Balaban J connectivity index is 1.77. The van der Waals surface area contributed by atoms with Crippen molar-refractivity contribution in [3.63, 3.8) is 0 Å². The number of benzene rings is 2. The summed E-state index contributed by atoms with van der Waals surface area (Å²) in [4.78, 5) is 0. The molecule has 1 atom stereocenters. The summed E-state index contributed by atoms with van der Waals surface area (Å²) >= 11 is 0. The third-order valence-corrected chi connectivity index (χ3v) is 4.06. The molecule has 0 radical (unpaired) electrons. The number of aliphatic hydroxyl groups is 1. The average molecular weight is 323 g/mol. The first-order chi connectivity index (χ1) is 11.6. The van der Waals surface area contributed by atoms with E-state index in [1.165, 1.54) is 11.1 Å². The van der Waals surface area contributed by atoms with Crippen LogP contribution in [0.3, 0.4) is 0 Å². The smallest absolute Gasteiger partial charge is 0.247 e. The molecule has 124 valence electrons. The summed E-state index contributed by atoms with van der Waals surface area (Å²) in [6, 6.07) is 13.6. The van der Waals surface area contributed by atoms with E-state index in [2.05, 4.69) is 41.5 Å². The summed E-state index contributed by atoms with van der Waals surface area (Å²) in [6.45, 7) is 6.12. The van der Waals surface area contributed by atoms with Crippen molar-refractivity contribution >= 4 is 5.69 Å². The molecule has 2 aromatic carbocycles. The van der Waals surface area contributed by atoms with E-state index < -0.39 is 0 Å². The quantitative estimate of drug-likeness (QED) is 0.742. The van der Waals surface area contributed by atoms with Gasteiger partial charge in [0.25, 0.3) is 0 Å². The number of hydrogen-bond donors (Lipinski definition) is 2. The summed E-state index contributed by atoms with van der Waals surface area (Å²) in [5, 5.41) is 20.8. The van der Waals surface area contributed by atoms with Crippen LogP contribution in [0.15, 0.2) is 46.9 Å². The molecule has 0 bridgehead atoms. The molecule has 3 rings (SSSR count). The topological polar surface area (TPSA) is 71.2 Å². The van der Waals surface area contributed by atoms with Crippen LogP contribution in [-0.4, -0.2) is 15.3 Å². The average Bonchev–Trinajstić information content (AvgIpc) is 3.08. The summed E-state index contributed by atoms with van der Waals surface area (Å²) in [5.74, 6) is 1.04. The van der Waals surface area contributed by atoms with Crippen molar-refractivity contribution in [2.75, 3.05) is 5.32 Å². The zero-order valence-corrected chi connectivity index (χ0v) is 14.1. The Morgan fingerprint density at radius 2 is 1.92 bits per heavy atom. The van der Waals surface area contributed by atoms with Gasteiger partial charge < -0.3 is 14.8 Å². The zero-order valence-electron chi connectivity index (χ0n) is 14.1. The minimum atomic E-state index is -0.133. The lowest BCUT2D eigenvalue weighted by atomic mass is 10.1. The SMILES string of the molecule is Cc1ccc(-c2nnc(C(C)Nc3cccc(CO)c3)o2)cc1C. The third kappa shape index (κ3) is 3.46. The van der Waals surface area contributed by atoms with Crippen LogP contribution in [0.2, 0.25) is 0 Å². The Labute approximate surface area is 141 Å².